The molecule has 33 heavy (non-hydrogen) atoms. The van der Waals surface area contributed by atoms with E-state index >= 15 is 0 Å². The first-order valence-corrected chi connectivity index (χ1v) is 11.6. The Hall–Kier alpha value is -3.48. The molecule has 7 nitrogen and oxygen atoms in total. The summed E-state index contributed by atoms with van der Waals surface area (Å²) in [6, 6.07) is 14.6. The van der Waals surface area contributed by atoms with Gasteiger partial charge in [-0.15, -0.1) is 0 Å². The highest BCUT2D eigenvalue weighted by Gasteiger charge is 2.20. The molecular weight excluding hydrogens is 414 g/mol. The summed E-state index contributed by atoms with van der Waals surface area (Å²) in [5, 5.41) is 6.83. The molecule has 3 aromatic rings. The maximum atomic E-state index is 6.35. The normalized spacial score (nSPS) is 14.3. The molecule has 0 unspecified atom stereocenters. The number of hydrogen-bond donors (Lipinski definition) is 2. The smallest absolute Gasteiger partial charge is 0.191 e. The van der Waals surface area contributed by atoms with Crippen LogP contribution in [0.1, 0.15) is 42.4 Å². The number of methoxy groups -OCH3 is 1. The van der Waals surface area contributed by atoms with Gasteiger partial charge in [0, 0.05) is 44.6 Å². The molecule has 0 atom stereocenters. The van der Waals surface area contributed by atoms with Gasteiger partial charge in [-0.25, -0.2) is 4.98 Å². The molecule has 7 heteroatoms. The van der Waals surface area contributed by atoms with Crippen molar-refractivity contribution in [3.05, 3.63) is 77.9 Å². The van der Waals surface area contributed by atoms with E-state index in [4.69, 9.17) is 9.47 Å². The van der Waals surface area contributed by atoms with Crippen molar-refractivity contribution < 1.29 is 9.47 Å². The second-order valence-corrected chi connectivity index (χ2v) is 8.31. The van der Waals surface area contributed by atoms with Crippen molar-refractivity contribution in [2.75, 3.05) is 14.2 Å². The summed E-state index contributed by atoms with van der Waals surface area (Å²) >= 11 is 0. The number of nitrogens with one attached hydrogen (secondary N) is 2. The predicted octanol–water partition coefficient (Wildman–Crippen LogP) is 4.13. The second-order valence-electron chi connectivity index (χ2n) is 8.31. The number of ether oxygens (including phenoxy) is 2. The van der Waals surface area contributed by atoms with Gasteiger partial charge in [0.05, 0.1) is 19.5 Å². The lowest BCUT2D eigenvalue weighted by atomic mass is 10.1. The molecule has 0 aliphatic heterocycles. The Labute approximate surface area is 195 Å². The molecular formula is C26H33N5O2. The highest BCUT2D eigenvalue weighted by molar-refractivity contribution is 5.79. The first-order valence-electron chi connectivity index (χ1n) is 11.6. The van der Waals surface area contributed by atoms with E-state index in [1.807, 2.05) is 24.7 Å². The fourth-order valence-electron chi connectivity index (χ4n) is 4.18. The first kappa shape index (κ1) is 22.7. The van der Waals surface area contributed by atoms with Gasteiger partial charge in [-0.2, -0.15) is 0 Å². The van der Waals surface area contributed by atoms with E-state index in [0.29, 0.717) is 13.1 Å². The lowest BCUT2D eigenvalue weighted by molar-refractivity contribution is 0.198. The second kappa shape index (κ2) is 11.4. The number of benzene rings is 2. The number of imidazole rings is 1. The van der Waals surface area contributed by atoms with Gasteiger partial charge in [-0.3, -0.25) is 4.99 Å². The summed E-state index contributed by atoms with van der Waals surface area (Å²) in [6.07, 6.45) is 10.5. The molecule has 0 radical (unpaired) electrons. The van der Waals surface area contributed by atoms with Crippen LogP contribution in [0.3, 0.4) is 0 Å². The molecule has 2 N–H and O–H groups in total. The molecule has 1 aliphatic carbocycles. The monoisotopic (exact) mass is 447 g/mol. The predicted molar refractivity (Wildman–Crippen MR) is 131 cm³/mol. The average Bonchev–Trinajstić information content (AvgIpc) is 3.55. The van der Waals surface area contributed by atoms with E-state index in [1.54, 1.807) is 20.4 Å². The average molecular weight is 448 g/mol. The molecule has 1 aliphatic rings. The molecule has 1 heterocycles. The van der Waals surface area contributed by atoms with Crippen LogP contribution in [-0.4, -0.2) is 35.8 Å². The van der Waals surface area contributed by atoms with Crippen LogP contribution in [0.2, 0.25) is 0 Å². The number of nitrogens with zero attached hydrogens (tertiary/aromatic N) is 3. The zero-order chi connectivity index (χ0) is 22.9. The zero-order valence-electron chi connectivity index (χ0n) is 19.5. The van der Waals surface area contributed by atoms with Crippen molar-refractivity contribution in [2.45, 2.75) is 51.4 Å². The molecule has 174 valence electrons. The molecule has 0 bridgehead atoms. The number of para-hydroxylation sites is 1. The van der Waals surface area contributed by atoms with Crippen molar-refractivity contribution >= 4 is 5.96 Å². The standard InChI is InChI=1S/C26H33N5O2/c1-27-26(29-16-20-7-5-8-21(15-20)18-31-14-13-28-19-31)30-17-22-9-6-12-24(32-2)25(22)33-23-10-3-4-11-23/h5-9,12-15,19,23H,3-4,10-11,16-18H2,1-2H3,(H2,27,29,30). The van der Waals surface area contributed by atoms with Crippen LogP contribution in [0, 0.1) is 0 Å². The van der Waals surface area contributed by atoms with E-state index in [1.165, 1.54) is 24.0 Å². The van der Waals surface area contributed by atoms with Gasteiger partial charge in [0.15, 0.2) is 17.5 Å². The lowest BCUT2D eigenvalue weighted by Crippen LogP contribution is -2.36. The fourth-order valence-corrected chi connectivity index (χ4v) is 4.18. The Kier molecular flexibility index (Phi) is 7.85. The summed E-state index contributed by atoms with van der Waals surface area (Å²) in [5.74, 6) is 2.35. The van der Waals surface area contributed by atoms with E-state index in [0.717, 1.165) is 42.4 Å². The first-order chi connectivity index (χ1) is 16.2. The Balaban J connectivity index is 1.35. The minimum atomic E-state index is 0.270. The molecule has 0 spiro atoms. The third-order valence-electron chi connectivity index (χ3n) is 5.91. The largest absolute Gasteiger partial charge is 0.493 e. The number of rotatable bonds is 9. The number of aliphatic imine (C=N–C) groups is 1. The third kappa shape index (κ3) is 6.28. The Morgan fingerprint density at radius 2 is 1.88 bits per heavy atom. The van der Waals surface area contributed by atoms with Gasteiger partial charge in [0.1, 0.15) is 0 Å². The van der Waals surface area contributed by atoms with Crippen LogP contribution in [0.25, 0.3) is 0 Å². The van der Waals surface area contributed by atoms with Crippen molar-refractivity contribution in [1.82, 2.24) is 20.2 Å². The minimum absolute atomic E-state index is 0.270. The number of hydrogen-bond acceptors (Lipinski definition) is 4. The van der Waals surface area contributed by atoms with Crippen LogP contribution in [-0.2, 0) is 19.6 Å². The molecule has 2 aromatic carbocycles. The van der Waals surface area contributed by atoms with Gasteiger partial charge in [-0.05, 0) is 42.9 Å². The maximum absolute atomic E-state index is 6.35. The minimum Gasteiger partial charge on any atom is -0.493 e. The Morgan fingerprint density at radius 1 is 1.09 bits per heavy atom. The molecule has 0 amide bonds. The van der Waals surface area contributed by atoms with Crippen molar-refractivity contribution in [2.24, 2.45) is 4.99 Å². The van der Waals surface area contributed by atoms with Gasteiger partial charge < -0.3 is 24.7 Å². The summed E-state index contributed by atoms with van der Waals surface area (Å²) in [7, 11) is 3.47. The van der Waals surface area contributed by atoms with Crippen LogP contribution < -0.4 is 20.1 Å². The molecule has 1 fully saturated rings. The highest BCUT2D eigenvalue weighted by atomic mass is 16.5. The van der Waals surface area contributed by atoms with Gasteiger partial charge in [0.25, 0.3) is 0 Å². The molecule has 4 rings (SSSR count). The molecule has 0 saturated heterocycles. The van der Waals surface area contributed by atoms with E-state index in [2.05, 4.69) is 55.5 Å². The fraction of sp³-hybridized carbons (Fsp3) is 0.385. The Morgan fingerprint density at radius 3 is 2.64 bits per heavy atom. The highest BCUT2D eigenvalue weighted by Crippen LogP contribution is 2.34. The SMILES string of the molecule is CN=C(NCc1cccc(Cn2ccnc2)c1)NCc1cccc(OC)c1OC1CCCC1. The summed E-state index contributed by atoms with van der Waals surface area (Å²) in [4.78, 5) is 8.50. The van der Waals surface area contributed by atoms with Crippen molar-refractivity contribution in [1.29, 1.82) is 0 Å². The van der Waals surface area contributed by atoms with E-state index in [9.17, 15) is 0 Å². The van der Waals surface area contributed by atoms with Gasteiger partial charge in [0.2, 0.25) is 0 Å². The summed E-state index contributed by atoms with van der Waals surface area (Å²) < 4.78 is 14.0. The van der Waals surface area contributed by atoms with Gasteiger partial charge in [-0.1, -0.05) is 36.4 Å². The van der Waals surface area contributed by atoms with Crippen LogP contribution in [0.5, 0.6) is 11.5 Å². The number of guanidine groups is 1. The van der Waals surface area contributed by atoms with Gasteiger partial charge >= 0.3 is 0 Å². The quantitative estimate of drug-likeness (QED) is 0.381. The topological polar surface area (TPSA) is 72.7 Å². The zero-order valence-corrected chi connectivity index (χ0v) is 19.5. The molecule has 1 saturated carbocycles. The number of aromatic nitrogens is 2. The Bertz CT molecular complexity index is 1040. The van der Waals surface area contributed by atoms with E-state index in [-0.39, 0.29) is 6.10 Å². The van der Waals surface area contributed by atoms with Crippen LogP contribution >= 0.6 is 0 Å². The molecule has 1 aromatic heterocycles. The van der Waals surface area contributed by atoms with Crippen molar-refractivity contribution in [3.63, 3.8) is 0 Å². The third-order valence-corrected chi connectivity index (χ3v) is 5.91. The van der Waals surface area contributed by atoms with E-state index < -0.39 is 0 Å². The van der Waals surface area contributed by atoms with Crippen LogP contribution in [0.15, 0.2) is 66.2 Å². The summed E-state index contributed by atoms with van der Waals surface area (Å²) in [6.45, 7) is 2.08. The van der Waals surface area contributed by atoms with Crippen LogP contribution in [0.4, 0.5) is 0 Å². The lowest BCUT2D eigenvalue weighted by Gasteiger charge is -2.20. The summed E-state index contributed by atoms with van der Waals surface area (Å²) in [5.41, 5.74) is 3.49. The maximum Gasteiger partial charge on any atom is 0.191 e. The van der Waals surface area contributed by atoms with Crippen molar-refractivity contribution in [3.8, 4) is 11.5 Å².